The van der Waals surface area contributed by atoms with E-state index in [1.807, 2.05) is 0 Å². The van der Waals surface area contributed by atoms with Gasteiger partial charge in [0.2, 0.25) is 0 Å². The summed E-state index contributed by atoms with van der Waals surface area (Å²) in [5.41, 5.74) is 7.54. The molecule has 2 nitrogen and oxygen atoms in total. The molecular formula is C90H160N2Ni+2. The summed E-state index contributed by atoms with van der Waals surface area (Å²) in [5, 5.41) is 0. The molecule has 0 atom stereocenters. The fourth-order valence-electron chi connectivity index (χ4n) is 14.0. The van der Waals surface area contributed by atoms with E-state index in [-0.39, 0.29) is 16.5 Å². The maximum atomic E-state index is 5.67. The Morgan fingerprint density at radius 2 is 0.409 bits per heavy atom. The van der Waals surface area contributed by atoms with Crippen LogP contribution in [0.5, 0.6) is 0 Å². The van der Waals surface area contributed by atoms with E-state index in [9.17, 15) is 0 Å². The molecule has 0 N–H and O–H groups in total. The number of nitrogens with zero attached hydrogens (tertiary/aromatic N) is 2. The fourth-order valence-corrected chi connectivity index (χ4v) is 14.0. The Hall–Kier alpha value is -2.25. The second-order valence-corrected chi connectivity index (χ2v) is 29.3. The quantitative estimate of drug-likeness (QED) is 0.0273. The Balaban J connectivity index is 0.0000432. The van der Waals surface area contributed by atoms with Gasteiger partial charge in [-0.1, -0.05) is 448 Å². The molecule has 538 valence electrons. The van der Waals surface area contributed by atoms with Crippen LogP contribution in [0, 0.1) is 0 Å². The molecule has 0 heterocycles. The molecule has 0 aromatic heterocycles. The van der Waals surface area contributed by atoms with Gasteiger partial charge in [0.1, 0.15) is 0 Å². The van der Waals surface area contributed by atoms with Gasteiger partial charge in [-0.2, -0.15) is 0 Å². The van der Waals surface area contributed by atoms with E-state index in [2.05, 4.69) is 101 Å². The van der Waals surface area contributed by atoms with Gasteiger partial charge in [-0.25, -0.2) is 0 Å². The Kier molecular flexibility index (Phi) is 70.6. The zero-order chi connectivity index (χ0) is 65.4. The van der Waals surface area contributed by atoms with Crippen molar-refractivity contribution in [3.05, 3.63) is 84.0 Å². The molecule has 3 heteroatoms. The smallest absolute Gasteiger partial charge is 0.251 e. The molecular weight excluding hydrogens is 1170 g/mol. The number of aryl methyl sites for hydroxylation is 2. The van der Waals surface area contributed by atoms with Crippen molar-refractivity contribution in [2.45, 2.75) is 464 Å². The van der Waals surface area contributed by atoms with Gasteiger partial charge in [-0.05, 0) is 100 Å². The van der Waals surface area contributed by atoms with Crippen LogP contribution in [0.1, 0.15) is 463 Å². The molecule has 0 saturated carbocycles. The van der Waals surface area contributed by atoms with Crippen LogP contribution in [0.4, 0.5) is 11.4 Å². The summed E-state index contributed by atoms with van der Waals surface area (Å²) >= 11 is 0. The van der Waals surface area contributed by atoms with Crippen LogP contribution < -0.4 is 0 Å². The molecule has 93 heavy (non-hydrogen) atoms. The number of aliphatic imine (C=N–C) groups is 2. The summed E-state index contributed by atoms with van der Waals surface area (Å²) < 4.78 is 0. The molecule has 0 bridgehead atoms. The number of rotatable bonds is 73. The third-order valence-corrected chi connectivity index (χ3v) is 20.3. The van der Waals surface area contributed by atoms with Gasteiger partial charge < -0.3 is 0 Å². The van der Waals surface area contributed by atoms with Crippen molar-refractivity contribution in [3.63, 3.8) is 0 Å². The monoisotopic (exact) mass is 1330 g/mol. The van der Waals surface area contributed by atoms with E-state index in [1.54, 1.807) is 0 Å². The van der Waals surface area contributed by atoms with Gasteiger partial charge in [-0.3, -0.25) is 9.98 Å². The first-order valence-electron chi connectivity index (χ1n) is 42.3. The largest absolute Gasteiger partial charge is 2.00 e. The van der Waals surface area contributed by atoms with Crippen molar-refractivity contribution in [1.82, 2.24) is 0 Å². The van der Waals surface area contributed by atoms with E-state index >= 15 is 0 Å². The minimum absolute atomic E-state index is 0. The maximum absolute atomic E-state index is 5.67. The molecule has 0 aliphatic rings. The first kappa shape index (κ1) is 88.8. The van der Waals surface area contributed by atoms with Crippen LogP contribution >= 0.6 is 0 Å². The van der Waals surface area contributed by atoms with Crippen LogP contribution in [0.15, 0.2) is 82.8 Å². The van der Waals surface area contributed by atoms with Crippen molar-refractivity contribution in [2.24, 2.45) is 9.98 Å². The molecule has 0 aliphatic carbocycles. The topological polar surface area (TPSA) is 24.7 Å². The molecule has 0 fully saturated rings. The molecule has 2 aromatic rings. The zero-order valence-corrected chi connectivity index (χ0v) is 64.2. The summed E-state index contributed by atoms with van der Waals surface area (Å²) in [6.45, 7) is 9.28. The zero-order valence-electron chi connectivity index (χ0n) is 63.2. The van der Waals surface area contributed by atoms with Gasteiger partial charge in [0.25, 0.3) is 0 Å². The van der Waals surface area contributed by atoms with Gasteiger partial charge in [0, 0.05) is 0 Å². The van der Waals surface area contributed by atoms with E-state index in [0.29, 0.717) is 0 Å². The number of allylic oxidation sites excluding steroid dienone is 4. The van der Waals surface area contributed by atoms with Crippen molar-refractivity contribution in [1.29, 1.82) is 0 Å². The summed E-state index contributed by atoms with van der Waals surface area (Å²) in [4.78, 5) is 11.3. The minimum atomic E-state index is 0. The Bertz CT molecular complexity index is 1920. The predicted octanol–water partition coefficient (Wildman–Crippen LogP) is 32.6. The van der Waals surface area contributed by atoms with Crippen LogP contribution in [-0.4, -0.2) is 11.4 Å². The van der Waals surface area contributed by atoms with Gasteiger partial charge in [0.15, 0.2) is 0 Å². The van der Waals surface area contributed by atoms with E-state index < -0.39 is 0 Å². The van der Waals surface area contributed by atoms with Crippen molar-refractivity contribution < 1.29 is 16.5 Å². The van der Waals surface area contributed by atoms with Crippen molar-refractivity contribution >= 4 is 22.8 Å². The van der Waals surface area contributed by atoms with E-state index in [0.717, 1.165) is 49.9 Å². The van der Waals surface area contributed by atoms with Gasteiger partial charge >= 0.3 is 16.5 Å². The predicted molar refractivity (Wildman–Crippen MR) is 420 cm³/mol. The minimum Gasteiger partial charge on any atom is -0.251 e. The maximum Gasteiger partial charge on any atom is 2.00 e. The van der Waals surface area contributed by atoms with E-state index in [4.69, 9.17) is 9.98 Å². The van der Waals surface area contributed by atoms with Crippen molar-refractivity contribution in [3.8, 4) is 0 Å². The first-order chi connectivity index (χ1) is 45.7. The summed E-state index contributed by atoms with van der Waals surface area (Å²) in [6.07, 6.45) is 104. The van der Waals surface area contributed by atoms with Crippen LogP contribution in [-0.2, 0) is 29.3 Å². The average molecular weight is 1330 g/mol. The molecule has 0 spiro atoms. The molecule has 0 radical (unpaired) electrons. The standard InChI is InChI=1S/C90H160N2.Ni/c1-5-9-13-16-19-22-24-26-28-30-32-34-36-38-40-42-44-46-48-50-52-54-56-58-61-63-66-70-77-85-79-73-75-81-87(85)91-89(83-69-12-8-4)90(84-72-68-65-60-21-18-15-11-7-3)92-88-82-76-74-80-86(88)78-71-67-64-62-59-57-55-53-51-49-47-45-43-41-39-37-35-33-31-29-27-25-23-20-17-14-10-6-2;/h63-64,66-67,73-76,79-82H,5-62,65,68-72,77-78,83-84H2,1-4H3;/q;+2/b66-63+,67-64+,91-89?,92-90?;. The van der Waals surface area contributed by atoms with Gasteiger partial charge in [0.05, 0.1) is 22.8 Å². The molecule has 2 rings (SSSR count). The number of hydrogen-bond acceptors (Lipinski definition) is 2. The third-order valence-electron chi connectivity index (χ3n) is 20.3. The van der Waals surface area contributed by atoms with Crippen LogP contribution in [0.25, 0.3) is 0 Å². The Morgan fingerprint density at radius 3 is 0.656 bits per heavy atom. The van der Waals surface area contributed by atoms with Crippen LogP contribution in [0.2, 0.25) is 0 Å². The number of unbranched alkanes of at least 4 members (excludes halogenated alkanes) is 58. The number of hydrogen-bond donors (Lipinski definition) is 0. The molecule has 0 saturated heterocycles. The van der Waals surface area contributed by atoms with Crippen LogP contribution in [0.3, 0.4) is 0 Å². The number of para-hydroxylation sites is 2. The summed E-state index contributed by atoms with van der Waals surface area (Å²) in [6, 6.07) is 18.1. The first-order valence-corrected chi connectivity index (χ1v) is 42.3. The normalized spacial score (nSPS) is 12.2. The summed E-state index contributed by atoms with van der Waals surface area (Å²) in [7, 11) is 0. The molecule has 0 amide bonds. The van der Waals surface area contributed by atoms with Gasteiger partial charge in [-0.15, -0.1) is 0 Å². The fraction of sp³-hybridized carbons (Fsp3) is 0.800. The third kappa shape index (κ3) is 59.5. The molecule has 2 aromatic carbocycles. The molecule has 0 aliphatic heterocycles. The second-order valence-electron chi connectivity index (χ2n) is 29.3. The second kappa shape index (κ2) is 74.0. The number of benzene rings is 2. The Morgan fingerprint density at radius 1 is 0.226 bits per heavy atom. The SMILES string of the molecule is CCCCCCCCCCCCCCCCCCCCCCCCCC/C=C/CCc1ccccc1N=C(CCCCC)C(CCCCCCCCCCC)=Nc1ccccc1CC/C=C/CCCCCCCCCCCCCCCCCCCCCCCCCC.[Ni+2]. The van der Waals surface area contributed by atoms with Crippen molar-refractivity contribution in [2.75, 3.05) is 0 Å². The Labute approximate surface area is 593 Å². The molecule has 0 unspecified atom stereocenters. The average Bonchev–Trinajstić information content (AvgIpc) is 1.48. The summed E-state index contributed by atoms with van der Waals surface area (Å²) in [5.74, 6) is 0. The van der Waals surface area contributed by atoms with E-state index in [1.165, 1.54) is 421 Å².